The van der Waals surface area contributed by atoms with Crippen LogP contribution in [0.1, 0.15) is 19.3 Å². The van der Waals surface area contributed by atoms with Crippen molar-refractivity contribution >= 4 is 11.9 Å². The molecular formula is C10H15NO5. The maximum absolute atomic E-state index is 11.7. The summed E-state index contributed by atoms with van der Waals surface area (Å²) in [4.78, 5) is 24.4. The summed E-state index contributed by atoms with van der Waals surface area (Å²) in [6.45, 7) is 0.255. The van der Waals surface area contributed by atoms with Gasteiger partial charge in [-0.1, -0.05) is 0 Å². The Morgan fingerprint density at radius 3 is 2.81 bits per heavy atom. The highest BCUT2D eigenvalue weighted by molar-refractivity contribution is 5.87. The molecule has 6 heteroatoms. The average molecular weight is 229 g/mol. The van der Waals surface area contributed by atoms with E-state index >= 15 is 0 Å². The minimum Gasteiger partial charge on any atom is -0.464 e. The molecule has 2 aliphatic rings. The first-order chi connectivity index (χ1) is 7.56. The zero-order chi connectivity index (χ0) is 11.8. The minimum atomic E-state index is -1.20. The van der Waals surface area contributed by atoms with Gasteiger partial charge in [0.05, 0.1) is 25.2 Å². The van der Waals surface area contributed by atoms with E-state index in [9.17, 15) is 14.7 Å². The normalized spacial score (nSPS) is 34.6. The second-order valence-corrected chi connectivity index (χ2v) is 4.37. The zero-order valence-electron chi connectivity index (χ0n) is 8.89. The molecule has 2 unspecified atom stereocenters. The van der Waals surface area contributed by atoms with E-state index in [1.54, 1.807) is 0 Å². The number of aliphatic hydroxyl groups is 2. The molecule has 2 rings (SSSR count). The third kappa shape index (κ3) is 1.90. The van der Waals surface area contributed by atoms with Crippen LogP contribution in [0.25, 0.3) is 0 Å². The first-order valence-electron chi connectivity index (χ1n) is 5.35. The highest BCUT2D eigenvalue weighted by atomic mass is 16.5. The molecule has 0 aromatic heterocycles. The molecule has 16 heavy (non-hydrogen) atoms. The van der Waals surface area contributed by atoms with Gasteiger partial charge in [-0.15, -0.1) is 0 Å². The Bertz CT molecular complexity index is 318. The number of ether oxygens (including phenoxy) is 1. The van der Waals surface area contributed by atoms with Gasteiger partial charge in [0, 0.05) is 19.4 Å². The Balaban J connectivity index is 2.07. The number of carbonyl (C=O) groups is 2. The van der Waals surface area contributed by atoms with Crippen LogP contribution in [0.3, 0.4) is 0 Å². The number of β-amino-alcohol motifs (C(OH)–C–C–N with tert-alkyl or cyclic N) is 1. The van der Waals surface area contributed by atoms with Crippen LogP contribution in [0.4, 0.5) is 0 Å². The van der Waals surface area contributed by atoms with Gasteiger partial charge in [-0.2, -0.15) is 0 Å². The lowest BCUT2D eigenvalue weighted by Crippen LogP contribution is -2.42. The van der Waals surface area contributed by atoms with Crippen LogP contribution in [0.15, 0.2) is 0 Å². The lowest BCUT2D eigenvalue weighted by molar-refractivity contribution is -0.146. The van der Waals surface area contributed by atoms with Crippen molar-refractivity contribution in [2.75, 3.05) is 19.8 Å². The number of carbonyl (C=O) groups excluding carboxylic acids is 2. The summed E-state index contributed by atoms with van der Waals surface area (Å²) in [7, 11) is 0. The number of nitrogens with zero attached hydrogens (tertiary/aromatic N) is 1. The topological polar surface area (TPSA) is 87.1 Å². The van der Waals surface area contributed by atoms with Crippen molar-refractivity contribution in [2.45, 2.75) is 30.9 Å². The largest absolute Gasteiger partial charge is 0.464 e. The number of cyclic esters (lactones) is 1. The molecule has 0 aliphatic carbocycles. The van der Waals surface area contributed by atoms with Gasteiger partial charge >= 0.3 is 5.97 Å². The fourth-order valence-corrected chi connectivity index (χ4v) is 2.27. The fraction of sp³-hybridized carbons (Fsp3) is 0.800. The molecule has 2 aliphatic heterocycles. The predicted molar refractivity (Wildman–Crippen MR) is 52.3 cm³/mol. The Labute approximate surface area is 92.8 Å². The average Bonchev–Trinajstić information content (AvgIpc) is 2.71. The number of amides is 1. The monoisotopic (exact) mass is 229 g/mol. The summed E-state index contributed by atoms with van der Waals surface area (Å²) >= 11 is 0. The van der Waals surface area contributed by atoms with E-state index in [0.717, 1.165) is 0 Å². The predicted octanol–water partition coefficient (Wildman–Crippen LogP) is -1.35. The molecule has 0 saturated carbocycles. The lowest BCUT2D eigenvalue weighted by atomic mass is 9.99. The van der Waals surface area contributed by atoms with Gasteiger partial charge < -0.3 is 19.8 Å². The summed E-state index contributed by atoms with van der Waals surface area (Å²) in [6.07, 6.45) is 0.605. The van der Waals surface area contributed by atoms with E-state index in [0.29, 0.717) is 13.0 Å². The van der Waals surface area contributed by atoms with Gasteiger partial charge in [0.15, 0.2) is 0 Å². The van der Waals surface area contributed by atoms with E-state index < -0.39 is 17.6 Å². The van der Waals surface area contributed by atoms with Gasteiger partial charge in [-0.25, -0.2) is 4.79 Å². The number of hydrogen-bond acceptors (Lipinski definition) is 5. The number of aliphatic hydroxyl groups excluding tert-OH is 1. The third-order valence-corrected chi connectivity index (χ3v) is 3.13. The number of hydrogen-bond donors (Lipinski definition) is 2. The molecule has 0 aromatic rings. The molecule has 1 amide bonds. The second-order valence-electron chi connectivity index (χ2n) is 4.37. The van der Waals surface area contributed by atoms with Gasteiger partial charge in [0.1, 0.15) is 6.04 Å². The molecule has 2 fully saturated rings. The van der Waals surface area contributed by atoms with Gasteiger partial charge in [0.2, 0.25) is 5.91 Å². The van der Waals surface area contributed by atoms with Crippen molar-refractivity contribution < 1.29 is 24.5 Å². The Kier molecular flexibility index (Phi) is 2.86. The molecule has 2 heterocycles. The Hall–Kier alpha value is -1.14. The summed E-state index contributed by atoms with van der Waals surface area (Å²) in [5.41, 5.74) is -1.20. The van der Waals surface area contributed by atoms with Crippen LogP contribution in [0.5, 0.6) is 0 Å². The quantitative estimate of drug-likeness (QED) is 0.584. The van der Waals surface area contributed by atoms with E-state index in [1.807, 2.05) is 0 Å². The molecular weight excluding hydrogens is 214 g/mol. The molecule has 2 N–H and O–H groups in total. The molecule has 0 radical (unpaired) electrons. The van der Waals surface area contributed by atoms with Crippen LogP contribution in [-0.2, 0) is 14.3 Å². The summed E-state index contributed by atoms with van der Waals surface area (Å²) in [5.74, 6) is -0.651. The Morgan fingerprint density at radius 2 is 2.25 bits per heavy atom. The molecule has 0 spiro atoms. The van der Waals surface area contributed by atoms with Crippen LogP contribution < -0.4 is 0 Å². The summed E-state index contributed by atoms with van der Waals surface area (Å²) < 4.78 is 4.79. The maximum atomic E-state index is 11.7. The zero-order valence-corrected chi connectivity index (χ0v) is 8.89. The van der Waals surface area contributed by atoms with Crippen LogP contribution in [0, 0.1) is 0 Å². The standard InChI is InChI=1S/C10H15NO5/c12-3-2-10(15)5-8(13)11(6-10)7-1-4-16-9(7)14/h7,12,15H,1-6H2. The van der Waals surface area contributed by atoms with Crippen LogP contribution in [-0.4, -0.2) is 58.4 Å². The highest BCUT2D eigenvalue weighted by Crippen LogP contribution is 2.29. The lowest BCUT2D eigenvalue weighted by Gasteiger charge is -2.24. The van der Waals surface area contributed by atoms with Crippen molar-refractivity contribution in [3.63, 3.8) is 0 Å². The second kappa shape index (κ2) is 4.03. The van der Waals surface area contributed by atoms with Crippen LogP contribution in [0.2, 0.25) is 0 Å². The van der Waals surface area contributed by atoms with Gasteiger partial charge in [-0.3, -0.25) is 4.79 Å². The molecule has 2 atom stereocenters. The van der Waals surface area contributed by atoms with Crippen LogP contribution >= 0.6 is 0 Å². The maximum Gasteiger partial charge on any atom is 0.328 e. The van der Waals surface area contributed by atoms with E-state index in [1.165, 1.54) is 4.90 Å². The van der Waals surface area contributed by atoms with Crippen molar-refractivity contribution in [2.24, 2.45) is 0 Å². The van der Waals surface area contributed by atoms with E-state index in [4.69, 9.17) is 9.84 Å². The summed E-state index contributed by atoms with van der Waals surface area (Å²) in [6, 6.07) is -0.555. The SMILES string of the molecule is O=C1OCCC1N1CC(O)(CCO)CC1=O. The molecule has 90 valence electrons. The Morgan fingerprint density at radius 1 is 1.50 bits per heavy atom. The molecule has 2 saturated heterocycles. The minimum absolute atomic E-state index is 0.0304. The smallest absolute Gasteiger partial charge is 0.328 e. The highest BCUT2D eigenvalue weighted by Gasteiger charge is 2.47. The van der Waals surface area contributed by atoms with Crippen molar-refractivity contribution in [1.29, 1.82) is 0 Å². The van der Waals surface area contributed by atoms with Gasteiger partial charge in [-0.05, 0) is 0 Å². The third-order valence-electron chi connectivity index (χ3n) is 3.13. The van der Waals surface area contributed by atoms with Gasteiger partial charge in [0.25, 0.3) is 0 Å². The van der Waals surface area contributed by atoms with Crippen molar-refractivity contribution in [3.05, 3.63) is 0 Å². The number of esters is 1. The first kappa shape index (κ1) is 11.3. The van der Waals surface area contributed by atoms with Crippen molar-refractivity contribution in [1.82, 2.24) is 4.90 Å². The fourth-order valence-electron chi connectivity index (χ4n) is 2.27. The first-order valence-corrected chi connectivity index (χ1v) is 5.35. The van der Waals surface area contributed by atoms with E-state index in [-0.39, 0.29) is 31.9 Å². The van der Waals surface area contributed by atoms with E-state index in [2.05, 4.69) is 0 Å². The molecule has 6 nitrogen and oxygen atoms in total. The van der Waals surface area contributed by atoms with Crippen molar-refractivity contribution in [3.8, 4) is 0 Å². The molecule has 0 bridgehead atoms. The number of likely N-dealkylation sites (tertiary alicyclic amines) is 1. The number of rotatable bonds is 3. The summed E-state index contributed by atoms with van der Waals surface area (Å²) in [5, 5.41) is 18.8. The molecule has 0 aromatic carbocycles.